The van der Waals surface area contributed by atoms with Crippen LogP contribution in [-0.2, 0) is 15.4 Å². The van der Waals surface area contributed by atoms with Crippen molar-refractivity contribution in [2.45, 2.75) is 37.4 Å². The fraction of sp³-hybridized carbons (Fsp3) is 0.278. The fourth-order valence-corrected chi connectivity index (χ4v) is 3.21. The van der Waals surface area contributed by atoms with Crippen LogP contribution >= 0.6 is 0 Å². The summed E-state index contributed by atoms with van der Waals surface area (Å²) in [6.45, 7) is 5.99. The van der Waals surface area contributed by atoms with Gasteiger partial charge in [0.1, 0.15) is 10.6 Å². The van der Waals surface area contributed by atoms with Crippen molar-refractivity contribution in [3.8, 4) is 5.75 Å². The largest absolute Gasteiger partial charge is 0.573 e. The van der Waals surface area contributed by atoms with Gasteiger partial charge in [-0.1, -0.05) is 45.0 Å². The van der Waals surface area contributed by atoms with E-state index in [2.05, 4.69) is 4.74 Å². The number of hydrogen-bond acceptors (Lipinski definition) is 4. The molecule has 10 heteroatoms. The van der Waals surface area contributed by atoms with Crippen LogP contribution < -0.4 is 15.0 Å². The maximum atomic E-state index is 12.5. The van der Waals surface area contributed by atoms with Crippen molar-refractivity contribution in [1.29, 1.82) is 0 Å². The second-order valence-corrected chi connectivity index (χ2v) is 8.53. The molecule has 0 spiro atoms. The van der Waals surface area contributed by atoms with Gasteiger partial charge in [-0.15, -0.1) is 18.0 Å². The molecule has 2 rings (SSSR count). The van der Waals surface area contributed by atoms with Gasteiger partial charge in [0.25, 0.3) is 15.9 Å². The molecule has 0 fully saturated rings. The number of nitrogens with one attached hydrogen (secondary N) is 2. The van der Waals surface area contributed by atoms with Crippen LogP contribution in [0.4, 0.5) is 13.2 Å². The number of carbonyl (C=O) groups excluding carboxylic acids is 1. The van der Waals surface area contributed by atoms with E-state index < -0.39 is 32.9 Å². The second kappa shape index (κ2) is 7.80. The van der Waals surface area contributed by atoms with Crippen LogP contribution in [0.5, 0.6) is 5.75 Å². The Kier molecular flexibility index (Phi) is 6.05. The van der Waals surface area contributed by atoms with E-state index in [0.717, 1.165) is 17.7 Å². The molecule has 0 unspecified atom stereocenters. The summed E-state index contributed by atoms with van der Waals surface area (Å²) in [6.07, 6.45) is -5.07. The number of rotatable bonds is 5. The van der Waals surface area contributed by atoms with E-state index in [1.54, 1.807) is 17.0 Å². The number of carbonyl (C=O) groups is 1. The van der Waals surface area contributed by atoms with Gasteiger partial charge < -0.3 is 4.74 Å². The van der Waals surface area contributed by atoms with E-state index >= 15 is 0 Å². The number of alkyl halides is 3. The molecule has 0 saturated heterocycles. The van der Waals surface area contributed by atoms with Gasteiger partial charge in [0.2, 0.25) is 0 Å². The zero-order valence-corrected chi connectivity index (χ0v) is 16.1. The Bertz CT molecular complexity index is 950. The summed E-state index contributed by atoms with van der Waals surface area (Å²) in [4.78, 5) is 13.2. The molecule has 6 nitrogen and oxygen atoms in total. The first kappa shape index (κ1) is 21.7. The van der Waals surface area contributed by atoms with Crippen LogP contribution in [0.3, 0.4) is 0 Å². The zero-order valence-electron chi connectivity index (χ0n) is 15.3. The maximum absolute atomic E-state index is 12.5. The van der Waals surface area contributed by atoms with Gasteiger partial charge in [0.15, 0.2) is 0 Å². The van der Waals surface area contributed by atoms with Gasteiger partial charge >= 0.3 is 6.36 Å². The van der Waals surface area contributed by atoms with Crippen molar-refractivity contribution < 1.29 is 31.1 Å². The number of ether oxygens (including phenoxy) is 1. The summed E-state index contributed by atoms with van der Waals surface area (Å²) < 4.78 is 65.7. The van der Waals surface area contributed by atoms with Crippen LogP contribution in [0.25, 0.3) is 0 Å². The lowest BCUT2D eigenvalue weighted by Crippen LogP contribution is -2.41. The molecule has 1 amide bonds. The second-order valence-electron chi connectivity index (χ2n) is 6.88. The van der Waals surface area contributed by atoms with Crippen LogP contribution in [0.15, 0.2) is 53.4 Å². The summed E-state index contributed by atoms with van der Waals surface area (Å²) in [7, 11) is -4.50. The van der Waals surface area contributed by atoms with Gasteiger partial charge in [-0.3, -0.25) is 10.2 Å². The standard InChI is InChI=1S/C18H19F3N2O4S/c1-17(2,3)13-10-8-12(9-11-13)16(24)22-23-28(25,26)15-7-5-4-6-14(15)27-18(19,20)21/h4-11,23H,1-3H3,(H,22,24). The third-order valence-electron chi connectivity index (χ3n) is 3.68. The minimum absolute atomic E-state index is 0.126. The van der Waals surface area contributed by atoms with Gasteiger partial charge in [0.05, 0.1) is 0 Å². The molecule has 0 aromatic heterocycles. The number of amides is 1. The monoisotopic (exact) mass is 416 g/mol. The highest BCUT2D eigenvalue weighted by Crippen LogP contribution is 2.29. The number of hydrogen-bond donors (Lipinski definition) is 2. The normalized spacial score (nSPS) is 12.5. The average molecular weight is 416 g/mol. The van der Waals surface area contributed by atoms with Crippen molar-refractivity contribution in [3.63, 3.8) is 0 Å². The van der Waals surface area contributed by atoms with Crippen molar-refractivity contribution in [3.05, 3.63) is 59.7 Å². The third-order valence-corrected chi connectivity index (χ3v) is 4.96. The fourth-order valence-electron chi connectivity index (χ4n) is 2.24. The molecular weight excluding hydrogens is 397 g/mol. The highest BCUT2D eigenvalue weighted by Gasteiger charge is 2.34. The first-order valence-electron chi connectivity index (χ1n) is 8.07. The number of benzene rings is 2. The summed E-state index contributed by atoms with van der Waals surface area (Å²) in [5.74, 6) is -1.68. The Morgan fingerprint density at radius 1 is 0.964 bits per heavy atom. The van der Waals surface area contributed by atoms with Gasteiger partial charge in [-0.2, -0.15) is 0 Å². The van der Waals surface area contributed by atoms with Crippen molar-refractivity contribution in [2.75, 3.05) is 0 Å². The van der Waals surface area contributed by atoms with Crippen molar-refractivity contribution >= 4 is 15.9 Å². The highest BCUT2D eigenvalue weighted by atomic mass is 32.2. The molecule has 152 valence electrons. The molecule has 0 bridgehead atoms. The quantitative estimate of drug-likeness (QED) is 0.731. The Hall–Kier alpha value is -2.59. The van der Waals surface area contributed by atoms with Crippen molar-refractivity contribution in [2.24, 2.45) is 0 Å². The maximum Gasteiger partial charge on any atom is 0.573 e. The number of sulfonamides is 1. The average Bonchev–Trinajstić information content (AvgIpc) is 2.58. The summed E-state index contributed by atoms with van der Waals surface area (Å²) in [6, 6.07) is 10.7. The predicted molar refractivity (Wildman–Crippen MR) is 96.1 cm³/mol. The highest BCUT2D eigenvalue weighted by molar-refractivity contribution is 7.89. The lowest BCUT2D eigenvalue weighted by atomic mass is 9.87. The molecular formula is C18H19F3N2O4S. The minimum Gasteiger partial charge on any atom is -0.404 e. The molecule has 0 aliphatic heterocycles. The molecule has 0 heterocycles. The van der Waals surface area contributed by atoms with Crippen LogP contribution in [0, 0.1) is 0 Å². The van der Waals surface area contributed by atoms with E-state index in [4.69, 9.17) is 0 Å². The molecule has 2 aromatic carbocycles. The van der Waals surface area contributed by atoms with E-state index in [1.807, 2.05) is 26.2 Å². The number of para-hydroxylation sites is 1. The van der Waals surface area contributed by atoms with E-state index in [-0.39, 0.29) is 11.0 Å². The minimum atomic E-state index is -5.07. The van der Waals surface area contributed by atoms with E-state index in [9.17, 15) is 26.4 Å². The smallest absolute Gasteiger partial charge is 0.404 e. The molecule has 0 radical (unpaired) electrons. The Labute approximate surface area is 160 Å². The first-order valence-corrected chi connectivity index (χ1v) is 9.55. The van der Waals surface area contributed by atoms with Crippen molar-refractivity contribution in [1.82, 2.24) is 10.3 Å². The molecule has 28 heavy (non-hydrogen) atoms. The number of hydrazine groups is 1. The molecule has 2 aromatic rings. The lowest BCUT2D eigenvalue weighted by molar-refractivity contribution is -0.275. The first-order chi connectivity index (χ1) is 12.8. The zero-order chi connectivity index (χ0) is 21.2. The van der Waals surface area contributed by atoms with Crippen LogP contribution in [-0.4, -0.2) is 20.7 Å². The Morgan fingerprint density at radius 2 is 1.54 bits per heavy atom. The summed E-state index contributed by atoms with van der Waals surface area (Å²) in [5, 5.41) is 0. The summed E-state index contributed by atoms with van der Waals surface area (Å²) >= 11 is 0. The molecule has 2 N–H and O–H groups in total. The third kappa shape index (κ3) is 5.70. The van der Waals surface area contributed by atoms with Gasteiger partial charge in [0, 0.05) is 5.56 Å². The topological polar surface area (TPSA) is 84.5 Å². The van der Waals surface area contributed by atoms with E-state index in [0.29, 0.717) is 0 Å². The number of halogens is 3. The van der Waals surface area contributed by atoms with E-state index in [1.165, 1.54) is 24.3 Å². The van der Waals surface area contributed by atoms with Gasteiger partial charge in [-0.05, 0) is 35.2 Å². The van der Waals surface area contributed by atoms with Crippen LogP contribution in [0.1, 0.15) is 36.7 Å². The predicted octanol–water partition coefficient (Wildman–Crippen LogP) is 3.51. The molecule has 0 aliphatic carbocycles. The summed E-state index contributed by atoms with van der Waals surface area (Å²) in [5.41, 5.74) is 3.00. The van der Waals surface area contributed by atoms with Crippen LogP contribution in [0.2, 0.25) is 0 Å². The SMILES string of the molecule is CC(C)(C)c1ccc(C(=O)NNS(=O)(=O)c2ccccc2OC(F)(F)F)cc1. The van der Waals surface area contributed by atoms with Gasteiger partial charge in [-0.25, -0.2) is 8.42 Å². The molecule has 0 saturated carbocycles. The Balaban J connectivity index is 2.15. The molecule has 0 atom stereocenters. The Morgan fingerprint density at radius 3 is 2.07 bits per heavy atom. The molecule has 0 aliphatic rings. The lowest BCUT2D eigenvalue weighted by Gasteiger charge is -2.19.